The van der Waals surface area contributed by atoms with Crippen LogP contribution in [0.5, 0.6) is 11.5 Å². The molecule has 0 spiro atoms. The van der Waals surface area contributed by atoms with E-state index in [0.717, 1.165) is 28.1 Å². The van der Waals surface area contributed by atoms with Crippen molar-refractivity contribution in [1.82, 2.24) is 10.3 Å². The standard InChI is InChI=1S/C28H31N3O5/c1-19(28(32)33)34-22-10-6-8-20(16-22)18-29-15-14-26(27-30-24-12-4-5-13-25(24)36-27)35-23-11-7-9-21(17-23)31(2)3/h4-13,16-17,19,26,29H,14-15,18H2,1-3H3,(H,32,33). The normalized spacial score (nSPS) is 12.8. The average molecular weight is 490 g/mol. The van der Waals surface area contributed by atoms with Crippen molar-refractivity contribution in [2.45, 2.75) is 32.1 Å². The van der Waals surface area contributed by atoms with Gasteiger partial charge in [0.15, 0.2) is 17.8 Å². The van der Waals surface area contributed by atoms with Crippen molar-refractivity contribution in [2.24, 2.45) is 0 Å². The zero-order valence-corrected chi connectivity index (χ0v) is 20.7. The lowest BCUT2D eigenvalue weighted by atomic mass is 10.2. The summed E-state index contributed by atoms with van der Waals surface area (Å²) < 4.78 is 17.9. The van der Waals surface area contributed by atoms with Gasteiger partial charge in [0.2, 0.25) is 5.89 Å². The molecular formula is C28H31N3O5. The van der Waals surface area contributed by atoms with E-state index in [4.69, 9.17) is 19.0 Å². The number of ether oxygens (including phenoxy) is 2. The van der Waals surface area contributed by atoms with Crippen molar-refractivity contribution in [3.63, 3.8) is 0 Å². The molecule has 4 aromatic rings. The number of benzene rings is 3. The summed E-state index contributed by atoms with van der Waals surface area (Å²) in [5, 5.41) is 12.5. The van der Waals surface area contributed by atoms with Gasteiger partial charge in [0.05, 0.1) is 0 Å². The summed E-state index contributed by atoms with van der Waals surface area (Å²) in [6.07, 6.45) is -0.660. The maximum absolute atomic E-state index is 11.1. The van der Waals surface area contributed by atoms with E-state index < -0.39 is 12.1 Å². The lowest BCUT2D eigenvalue weighted by Gasteiger charge is -2.19. The number of para-hydroxylation sites is 2. The van der Waals surface area contributed by atoms with Crippen LogP contribution in [0.1, 0.15) is 30.9 Å². The van der Waals surface area contributed by atoms with Crippen LogP contribution in [0.2, 0.25) is 0 Å². The second-order valence-electron chi connectivity index (χ2n) is 8.73. The topological polar surface area (TPSA) is 97.1 Å². The number of aromatic nitrogens is 1. The van der Waals surface area contributed by atoms with Gasteiger partial charge < -0.3 is 29.2 Å². The first-order valence-corrected chi connectivity index (χ1v) is 11.9. The fourth-order valence-corrected chi connectivity index (χ4v) is 3.71. The second-order valence-corrected chi connectivity index (χ2v) is 8.73. The monoisotopic (exact) mass is 489 g/mol. The zero-order chi connectivity index (χ0) is 25.5. The molecule has 0 radical (unpaired) electrons. The van der Waals surface area contributed by atoms with E-state index in [2.05, 4.69) is 10.3 Å². The summed E-state index contributed by atoms with van der Waals surface area (Å²) >= 11 is 0. The number of carboxylic acid groups (broad SMARTS) is 1. The molecule has 36 heavy (non-hydrogen) atoms. The molecule has 0 fully saturated rings. The summed E-state index contributed by atoms with van der Waals surface area (Å²) in [5.74, 6) is 0.801. The van der Waals surface area contributed by atoms with Crippen molar-refractivity contribution in [3.05, 3.63) is 84.3 Å². The van der Waals surface area contributed by atoms with Crippen LogP contribution in [0.4, 0.5) is 5.69 Å². The van der Waals surface area contributed by atoms with Gasteiger partial charge in [-0.25, -0.2) is 9.78 Å². The Balaban J connectivity index is 1.43. The first-order valence-electron chi connectivity index (χ1n) is 11.9. The number of aliphatic carboxylic acids is 1. The third-order valence-electron chi connectivity index (χ3n) is 5.67. The van der Waals surface area contributed by atoms with Crippen LogP contribution >= 0.6 is 0 Å². The van der Waals surface area contributed by atoms with Gasteiger partial charge in [-0.15, -0.1) is 0 Å². The highest BCUT2D eigenvalue weighted by atomic mass is 16.5. The molecule has 2 atom stereocenters. The Hall–Kier alpha value is -4.04. The molecule has 0 amide bonds. The van der Waals surface area contributed by atoms with E-state index in [0.29, 0.717) is 31.2 Å². The lowest BCUT2D eigenvalue weighted by molar-refractivity contribution is -0.144. The van der Waals surface area contributed by atoms with Crippen LogP contribution in [0.15, 0.2) is 77.2 Å². The lowest BCUT2D eigenvalue weighted by Crippen LogP contribution is -2.23. The number of fused-ring (bicyclic) bond motifs is 1. The molecule has 1 aromatic heterocycles. The van der Waals surface area contributed by atoms with Gasteiger partial charge in [-0.2, -0.15) is 0 Å². The van der Waals surface area contributed by atoms with Crippen molar-refractivity contribution < 1.29 is 23.8 Å². The van der Waals surface area contributed by atoms with Gasteiger partial charge in [0, 0.05) is 38.8 Å². The quantitative estimate of drug-likeness (QED) is 0.267. The van der Waals surface area contributed by atoms with Gasteiger partial charge >= 0.3 is 5.97 Å². The van der Waals surface area contributed by atoms with E-state index in [1.165, 1.54) is 6.92 Å². The number of hydrogen-bond donors (Lipinski definition) is 2. The Labute approximate surface area is 210 Å². The van der Waals surface area contributed by atoms with Gasteiger partial charge in [-0.1, -0.05) is 30.3 Å². The van der Waals surface area contributed by atoms with E-state index in [1.54, 1.807) is 6.07 Å². The molecule has 0 aliphatic rings. The molecule has 0 saturated carbocycles. The van der Waals surface area contributed by atoms with Gasteiger partial charge in [0.1, 0.15) is 17.0 Å². The summed E-state index contributed by atoms with van der Waals surface area (Å²) in [5.41, 5.74) is 3.55. The number of nitrogens with one attached hydrogen (secondary N) is 1. The van der Waals surface area contributed by atoms with E-state index in [9.17, 15) is 4.79 Å². The van der Waals surface area contributed by atoms with Crippen LogP contribution in [-0.4, -0.2) is 42.8 Å². The first-order chi connectivity index (χ1) is 17.4. The minimum atomic E-state index is -1.00. The van der Waals surface area contributed by atoms with Crippen molar-refractivity contribution >= 4 is 22.8 Å². The molecule has 1 heterocycles. The fraction of sp³-hybridized carbons (Fsp3) is 0.286. The molecule has 2 unspecified atom stereocenters. The van der Waals surface area contributed by atoms with Crippen LogP contribution in [0, 0.1) is 0 Å². The zero-order valence-electron chi connectivity index (χ0n) is 20.7. The Bertz CT molecular complexity index is 1270. The average Bonchev–Trinajstić information content (AvgIpc) is 3.30. The number of nitrogens with zero attached hydrogens (tertiary/aromatic N) is 2. The maximum Gasteiger partial charge on any atom is 0.344 e. The van der Waals surface area contributed by atoms with Crippen LogP contribution in [0.25, 0.3) is 11.1 Å². The predicted molar refractivity (Wildman–Crippen MR) is 139 cm³/mol. The molecule has 8 nitrogen and oxygen atoms in total. The van der Waals surface area contributed by atoms with Crippen LogP contribution < -0.4 is 19.7 Å². The van der Waals surface area contributed by atoms with E-state index in [-0.39, 0.29) is 6.10 Å². The SMILES string of the molecule is CC(Oc1cccc(CNCCC(Oc2cccc(N(C)C)c2)c2nc3ccccc3o2)c1)C(=O)O. The molecule has 2 N–H and O–H groups in total. The Morgan fingerprint density at radius 3 is 2.53 bits per heavy atom. The Morgan fingerprint density at radius 2 is 1.78 bits per heavy atom. The largest absolute Gasteiger partial charge is 0.481 e. The number of carbonyl (C=O) groups is 1. The van der Waals surface area contributed by atoms with Gasteiger partial charge in [-0.05, 0) is 55.4 Å². The van der Waals surface area contributed by atoms with Crippen LogP contribution in [-0.2, 0) is 11.3 Å². The van der Waals surface area contributed by atoms with Crippen molar-refractivity contribution in [1.29, 1.82) is 0 Å². The molecular weight excluding hydrogens is 458 g/mol. The maximum atomic E-state index is 11.1. The molecule has 188 valence electrons. The summed E-state index contributed by atoms with van der Waals surface area (Å²) in [6.45, 7) is 2.75. The van der Waals surface area contributed by atoms with Crippen molar-refractivity contribution in [2.75, 3.05) is 25.5 Å². The van der Waals surface area contributed by atoms with E-state index in [1.807, 2.05) is 85.7 Å². The minimum Gasteiger partial charge on any atom is -0.481 e. The predicted octanol–water partition coefficient (Wildman–Crippen LogP) is 5.05. The van der Waals surface area contributed by atoms with Crippen molar-refractivity contribution in [3.8, 4) is 11.5 Å². The Morgan fingerprint density at radius 1 is 1.03 bits per heavy atom. The molecule has 0 saturated heterocycles. The number of anilines is 1. The molecule has 8 heteroatoms. The third-order valence-corrected chi connectivity index (χ3v) is 5.67. The second kappa shape index (κ2) is 11.6. The van der Waals surface area contributed by atoms with Gasteiger partial charge in [0.25, 0.3) is 0 Å². The molecule has 3 aromatic carbocycles. The number of oxazole rings is 1. The summed E-state index contributed by atoms with van der Waals surface area (Å²) in [7, 11) is 3.98. The molecule has 0 aliphatic heterocycles. The molecule has 0 aliphatic carbocycles. The summed E-state index contributed by atoms with van der Waals surface area (Å²) in [6, 6.07) is 23.0. The Kier molecular flexibility index (Phi) is 8.07. The van der Waals surface area contributed by atoms with E-state index >= 15 is 0 Å². The third kappa shape index (κ3) is 6.55. The first kappa shape index (κ1) is 25.1. The van der Waals surface area contributed by atoms with Crippen LogP contribution in [0.3, 0.4) is 0 Å². The summed E-state index contributed by atoms with van der Waals surface area (Å²) in [4.78, 5) is 17.7. The molecule has 0 bridgehead atoms. The molecule has 4 rings (SSSR count). The van der Waals surface area contributed by atoms with Gasteiger partial charge in [-0.3, -0.25) is 0 Å². The highest BCUT2D eigenvalue weighted by molar-refractivity contribution is 5.72. The highest BCUT2D eigenvalue weighted by Gasteiger charge is 2.20. The minimum absolute atomic E-state index is 0.381. The highest BCUT2D eigenvalue weighted by Crippen LogP contribution is 2.29. The number of carboxylic acids is 1. The number of hydrogen-bond acceptors (Lipinski definition) is 7. The number of rotatable bonds is 12. The fourth-order valence-electron chi connectivity index (χ4n) is 3.71. The smallest absolute Gasteiger partial charge is 0.344 e.